The van der Waals surface area contributed by atoms with E-state index in [1.165, 1.54) is 0 Å². The van der Waals surface area contributed by atoms with Gasteiger partial charge in [-0.2, -0.15) is 0 Å². The summed E-state index contributed by atoms with van der Waals surface area (Å²) < 4.78 is 0. The monoisotopic (exact) mass is 235 g/mol. The van der Waals surface area contributed by atoms with E-state index in [9.17, 15) is 0 Å². The molecule has 17 heavy (non-hydrogen) atoms. The zero-order chi connectivity index (χ0) is 12.7. The Morgan fingerprint density at radius 1 is 1.18 bits per heavy atom. The first-order valence-electron chi connectivity index (χ1n) is 6.59. The first-order valence-corrected chi connectivity index (χ1v) is 6.59. The van der Waals surface area contributed by atoms with Gasteiger partial charge in [-0.3, -0.25) is 0 Å². The van der Waals surface area contributed by atoms with E-state index in [0.29, 0.717) is 11.8 Å². The van der Waals surface area contributed by atoms with Crippen LogP contribution in [0.4, 0.5) is 0 Å². The summed E-state index contributed by atoms with van der Waals surface area (Å²) in [5.74, 6) is 2.36. The van der Waals surface area contributed by atoms with Crippen LogP contribution in [0.1, 0.15) is 45.6 Å². The van der Waals surface area contributed by atoms with Crippen molar-refractivity contribution in [3.05, 3.63) is 23.8 Å². The Balaban J connectivity index is 2.42. The van der Waals surface area contributed by atoms with Crippen molar-refractivity contribution in [1.82, 2.24) is 15.3 Å². The molecule has 0 saturated carbocycles. The van der Waals surface area contributed by atoms with Gasteiger partial charge in [-0.25, -0.2) is 9.97 Å². The molecule has 0 bridgehead atoms. The maximum atomic E-state index is 4.57. The van der Waals surface area contributed by atoms with Crippen LogP contribution in [0.25, 0.3) is 0 Å². The molecule has 1 heterocycles. The number of rotatable bonds is 7. The molecule has 0 aliphatic heterocycles. The van der Waals surface area contributed by atoms with E-state index in [-0.39, 0.29) is 0 Å². The van der Waals surface area contributed by atoms with Crippen LogP contribution < -0.4 is 5.32 Å². The van der Waals surface area contributed by atoms with Gasteiger partial charge in [-0.05, 0) is 30.9 Å². The van der Waals surface area contributed by atoms with E-state index in [2.05, 4.69) is 43.0 Å². The van der Waals surface area contributed by atoms with Crippen LogP contribution in [0.3, 0.4) is 0 Å². The maximum Gasteiger partial charge on any atom is 0.128 e. The molecule has 0 atom stereocenters. The van der Waals surface area contributed by atoms with Gasteiger partial charge in [0.25, 0.3) is 0 Å². The molecule has 0 unspecified atom stereocenters. The fourth-order valence-electron chi connectivity index (χ4n) is 1.57. The summed E-state index contributed by atoms with van der Waals surface area (Å²) >= 11 is 0. The van der Waals surface area contributed by atoms with Crippen molar-refractivity contribution in [1.29, 1.82) is 0 Å². The number of hydrogen-bond acceptors (Lipinski definition) is 3. The van der Waals surface area contributed by atoms with Gasteiger partial charge in [0, 0.05) is 19.2 Å². The quantitative estimate of drug-likeness (QED) is 0.789. The maximum absolute atomic E-state index is 4.57. The van der Waals surface area contributed by atoms with E-state index in [1.807, 2.05) is 12.3 Å². The largest absolute Gasteiger partial charge is 0.311 e. The third-order valence-corrected chi connectivity index (χ3v) is 2.57. The Bertz CT molecular complexity index is 321. The highest BCUT2D eigenvalue weighted by Crippen LogP contribution is 2.05. The van der Waals surface area contributed by atoms with Crippen molar-refractivity contribution in [2.45, 2.75) is 47.1 Å². The van der Waals surface area contributed by atoms with Gasteiger partial charge in [-0.15, -0.1) is 0 Å². The van der Waals surface area contributed by atoms with E-state index < -0.39 is 0 Å². The summed E-state index contributed by atoms with van der Waals surface area (Å²) in [6.07, 6.45) is 4.01. The standard InChI is InChI=1S/C14H25N3/c1-11(2)5-6-14-16-8-7-13(17-14)10-15-9-12(3)4/h7-8,11-12,15H,5-6,9-10H2,1-4H3. The second-order valence-electron chi connectivity index (χ2n) is 5.42. The SMILES string of the molecule is CC(C)CCc1nccc(CNCC(C)C)n1. The molecule has 1 N–H and O–H groups in total. The third kappa shape index (κ3) is 6.37. The van der Waals surface area contributed by atoms with Crippen molar-refractivity contribution in [2.24, 2.45) is 11.8 Å². The molecule has 3 heteroatoms. The molecule has 0 amide bonds. The molecule has 1 rings (SSSR count). The van der Waals surface area contributed by atoms with Crippen molar-refractivity contribution in [3.8, 4) is 0 Å². The second kappa shape index (κ2) is 7.38. The van der Waals surface area contributed by atoms with Gasteiger partial charge in [0.05, 0.1) is 5.69 Å². The fraction of sp³-hybridized carbons (Fsp3) is 0.714. The second-order valence-corrected chi connectivity index (χ2v) is 5.42. The molecule has 0 radical (unpaired) electrons. The van der Waals surface area contributed by atoms with Gasteiger partial charge in [0.2, 0.25) is 0 Å². The number of nitrogens with zero attached hydrogens (tertiary/aromatic N) is 2. The van der Waals surface area contributed by atoms with Crippen LogP contribution in [0.5, 0.6) is 0 Å². The number of hydrogen-bond donors (Lipinski definition) is 1. The van der Waals surface area contributed by atoms with Crippen molar-refractivity contribution in [2.75, 3.05) is 6.54 Å². The Morgan fingerprint density at radius 2 is 1.94 bits per heavy atom. The lowest BCUT2D eigenvalue weighted by Gasteiger charge is -2.08. The minimum Gasteiger partial charge on any atom is -0.311 e. The van der Waals surface area contributed by atoms with E-state index in [1.54, 1.807) is 0 Å². The molecular weight excluding hydrogens is 210 g/mol. The Hall–Kier alpha value is -0.960. The summed E-state index contributed by atoms with van der Waals surface area (Å²) in [6.45, 7) is 10.8. The van der Waals surface area contributed by atoms with Crippen LogP contribution in [-0.4, -0.2) is 16.5 Å². The summed E-state index contributed by atoms with van der Waals surface area (Å²) in [4.78, 5) is 8.88. The van der Waals surface area contributed by atoms with Crippen molar-refractivity contribution >= 4 is 0 Å². The summed E-state index contributed by atoms with van der Waals surface area (Å²) in [5, 5.41) is 3.40. The fourth-order valence-corrected chi connectivity index (χ4v) is 1.57. The Morgan fingerprint density at radius 3 is 2.59 bits per heavy atom. The molecule has 0 saturated heterocycles. The molecule has 0 aliphatic rings. The van der Waals surface area contributed by atoms with Gasteiger partial charge >= 0.3 is 0 Å². The third-order valence-electron chi connectivity index (χ3n) is 2.57. The minimum atomic E-state index is 0.678. The summed E-state index contributed by atoms with van der Waals surface area (Å²) in [6, 6.07) is 1.99. The normalized spacial score (nSPS) is 11.4. The molecule has 0 spiro atoms. The zero-order valence-corrected chi connectivity index (χ0v) is 11.5. The summed E-state index contributed by atoms with van der Waals surface area (Å²) in [5.41, 5.74) is 1.10. The molecule has 1 aromatic heterocycles. The van der Waals surface area contributed by atoms with Crippen LogP contribution >= 0.6 is 0 Å². The average molecular weight is 235 g/mol. The van der Waals surface area contributed by atoms with E-state index in [0.717, 1.165) is 37.4 Å². The van der Waals surface area contributed by atoms with E-state index in [4.69, 9.17) is 0 Å². The highest BCUT2D eigenvalue weighted by atomic mass is 14.9. The molecular formula is C14H25N3. The van der Waals surface area contributed by atoms with Crippen molar-refractivity contribution in [3.63, 3.8) is 0 Å². The van der Waals surface area contributed by atoms with Gasteiger partial charge in [0.15, 0.2) is 0 Å². The lowest BCUT2D eigenvalue weighted by atomic mass is 10.1. The highest BCUT2D eigenvalue weighted by molar-refractivity contribution is 5.02. The first kappa shape index (κ1) is 14.1. The molecule has 3 nitrogen and oxygen atoms in total. The first-order chi connectivity index (χ1) is 8.08. The summed E-state index contributed by atoms with van der Waals surface area (Å²) in [7, 11) is 0. The number of aromatic nitrogens is 2. The van der Waals surface area contributed by atoms with Crippen molar-refractivity contribution < 1.29 is 0 Å². The Kier molecular flexibility index (Phi) is 6.12. The molecule has 0 aromatic carbocycles. The van der Waals surface area contributed by atoms with Gasteiger partial charge in [0.1, 0.15) is 5.82 Å². The van der Waals surface area contributed by atoms with Crippen LogP contribution in [0.2, 0.25) is 0 Å². The minimum absolute atomic E-state index is 0.678. The molecule has 0 fully saturated rings. The predicted molar refractivity (Wildman–Crippen MR) is 71.7 cm³/mol. The van der Waals surface area contributed by atoms with Crippen LogP contribution in [-0.2, 0) is 13.0 Å². The highest BCUT2D eigenvalue weighted by Gasteiger charge is 2.02. The topological polar surface area (TPSA) is 37.8 Å². The lowest BCUT2D eigenvalue weighted by molar-refractivity contribution is 0.543. The lowest BCUT2D eigenvalue weighted by Crippen LogP contribution is -2.20. The van der Waals surface area contributed by atoms with Crippen LogP contribution in [0, 0.1) is 11.8 Å². The molecule has 0 aliphatic carbocycles. The number of nitrogens with one attached hydrogen (secondary N) is 1. The van der Waals surface area contributed by atoms with Crippen LogP contribution in [0.15, 0.2) is 12.3 Å². The molecule has 1 aromatic rings. The smallest absolute Gasteiger partial charge is 0.128 e. The zero-order valence-electron chi connectivity index (χ0n) is 11.5. The Labute approximate surface area is 105 Å². The van der Waals surface area contributed by atoms with Gasteiger partial charge in [-0.1, -0.05) is 27.7 Å². The van der Waals surface area contributed by atoms with Gasteiger partial charge < -0.3 is 5.32 Å². The van der Waals surface area contributed by atoms with E-state index >= 15 is 0 Å². The predicted octanol–water partition coefficient (Wildman–Crippen LogP) is 2.81. The molecule has 96 valence electrons. The average Bonchev–Trinajstić information content (AvgIpc) is 2.26. The number of aryl methyl sites for hydroxylation is 1.